The normalized spacial score (nSPS) is 13.6. The zero-order valence-corrected chi connectivity index (χ0v) is 8.56. The molecule has 0 saturated heterocycles. The molecule has 1 unspecified atom stereocenters. The summed E-state index contributed by atoms with van der Waals surface area (Å²) in [6.45, 7) is 2.04. The Labute approximate surface area is 84.3 Å². The molecule has 14 heavy (non-hydrogen) atoms. The van der Waals surface area contributed by atoms with Crippen molar-refractivity contribution in [2.75, 3.05) is 20.3 Å². The van der Waals surface area contributed by atoms with E-state index in [1.165, 1.54) is 13.2 Å². The average Bonchev–Trinajstić information content (AvgIpc) is 2.17. The summed E-state index contributed by atoms with van der Waals surface area (Å²) < 4.78 is 4.81. The van der Waals surface area contributed by atoms with Crippen molar-refractivity contribution in [1.82, 2.24) is 5.32 Å². The van der Waals surface area contributed by atoms with Gasteiger partial charge in [0.15, 0.2) is 0 Å². The van der Waals surface area contributed by atoms with E-state index in [9.17, 15) is 4.79 Å². The monoisotopic (exact) mass is 199 g/mol. The lowest BCUT2D eigenvalue weighted by atomic mass is 10.3. The second-order valence-electron chi connectivity index (χ2n) is 2.73. The molecule has 0 heterocycles. The predicted octanol–water partition coefficient (Wildman–Crippen LogP) is 0.242. The van der Waals surface area contributed by atoms with Crippen molar-refractivity contribution in [3.63, 3.8) is 0 Å². The van der Waals surface area contributed by atoms with Crippen LogP contribution in [0.25, 0.3) is 0 Å². The Morgan fingerprint density at radius 2 is 2.29 bits per heavy atom. The van der Waals surface area contributed by atoms with E-state index in [1.807, 2.05) is 13.0 Å². The van der Waals surface area contributed by atoms with Crippen LogP contribution in [-0.4, -0.2) is 37.4 Å². The fourth-order valence-electron chi connectivity index (χ4n) is 0.845. The van der Waals surface area contributed by atoms with Gasteiger partial charge in [0.05, 0.1) is 19.3 Å². The fourth-order valence-corrected chi connectivity index (χ4v) is 0.845. The second kappa shape index (κ2) is 8.47. The second-order valence-corrected chi connectivity index (χ2v) is 2.73. The van der Waals surface area contributed by atoms with Gasteiger partial charge in [0.25, 0.3) is 0 Å². The highest BCUT2D eigenvalue weighted by molar-refractivity contribution is 5.87. The van der Waals surface area contributed by atoms with Crippen LogP contribution >= 0.6 is 0 Å². The van der Waals surface area contributed by atoms with E-state index in [2.05, 4.69) is 5.32 Å². The molecule has 1 atom stereocenters. The average molecular weight is 199 g/mol. The van der Waals surface area contributed by atoms with Crippen molar-refractivity contribution in [3.05, 3.63) is 24.3 Å². The number of rotatable bonds is 6. The molecule has 0 aromatic carbocycles. The van der Waals surface area contributed by atoms with Crippen molar-refractivity contribution in [2.45, 2.75) is 13.0 Å². The highest BCUT2D eigenvalue weighted by Gasteiger charge is 2.07. The van der Waals surface area contributed by atoms with Gasteiger partial charge in [-0.15, -0.1) is 0 Å². The number of nitrogens with one attached hydrogen (secondary N) is 1. The third kappa shape index (κ3) is 6.39. The molecule has 0 aromatic heterocycles. The summed E-state index contributed by atoms with van der Waals surface area (Å²) in [6, 6.07) is -0.345. The minimum absolute atomic E-state index is 0.128. The fraction of sp³-hybridized carbons (Fsp3) is 0.500. The summed E-state index contributed by atoms with van der Waals surface area (Å²) in [6.07, 6.45) is 6.61. The maximum absolute atomic E-state index is 11.2. The quantitative estimate of drug-likeness (QED) is 0.476. The first-order valence-corrected chi connectivity index (χ1v) is 4.44. The lowest BCUT2D eigenvalue weighted by Gasteiger charge is -2.13. The van der Waals surface area contributed by atoms with E-state index in [0.717, 1.165) is 0 Å². The van der Waals surface area contributed by atoms with Crippen LogP contribution in [0.4, 0.5) is 0 Å². The van der Waals surface area contributed by atoms with Gasteiger partial charge < -0.3 is 15.2 Å². The van der Waals surface area contributed by atoms with E-state index in [1.54, 1.807) is 12.2 Å². The summed E-state index contributed by atoms with van der Waals surface area (Å²) in [7, 11) is 1.52. The SMILES string of the molecule is CC=C/C=C/C(=O)NC(CO)COC. The molecule has 0 aromatic rings. The van der Waals surface area contributed by atoms with Gasteiger partial charge >= 0.3 is 0 Å². The van der Waals surface area contributed by atoms with Crippen LogP contribution in [0.1, 0.15) is 6.92 Å². The van der Waals surface area contributed by atoms with Crippen molar-refractivity contribution in [3.8, 4) is 0 Å². The van der Waals surface area contributed by atoms with Gasteiger partial charge in [-0.2, -0.15) is 0 Å². The smallest absolute Gasteiger partial charge is 0.244 e. The van der Waals surface area contributed by atoms with Crippen LogP contribution in [0.5, 0.6) is 0 Å². The molecule has 4 nitrogen and oxygen atoms in total. The van der Waals surface area contributed by atoms with Crippen molar-refractivity contribution in [2.24, 2.45) is 0 Å². The molecule has 0 fully saturated rings. The molecule has 1 amide bonds. The Bertz CT molecular complexity index is 211. The first-order valence-electron chi connectivity index (χ1n) is 4.44. The lowest BCUT2D eigenvalue weighted by molar-refractivity contribution is -0.117. The summed E-state index contributed by atoms with van der Waals surface area (Å²) in [5.41, 5.74) is 0. The molecule has 80 valence electrons. The Kier molecular flexibility index (Phi) is 7.78. The number of allylic oxidation sites excluding steroid dienone is 3. The summed E-state index contributed by atoms with van der Waals surface area (Å²) in [5, 5.41) is 11.4. The highest BCUT2D eigenvalue weighted by atomic mass is 16.5. The van der Waals surface area contributed by atoms with Gasteiger partial charge in [-0.25, -0.2) is 0 Å². The van der Waals surface area contributed by atoms with E-state index in [0.29, 0.717) is 6.61 Å². The van der Waals surface area contributed by atoms with Crippen LogP contribution in [0.15, 0.2) is 24.3 Å². The largest absolute Gasteiger partial charge is 0.394 e. The summed E-state index contributed by atoms with van der Waals surface area (Å²) in [4.78, 5) is 11.2. The number of hydrogen-bond acceptors (Lipinski definition) is 3. The van der Waals surface area contributed by atoms with Crippen LogP contribution in [0.3, 0.4) is 0 Å². The molecule has 0 bridgehead atoms. The summed E-state index contributed by atoms with van der Waals surface area (Å²) in [5.74, 6) is -0.237. The number of ether oxygens (including phenoxy) is 1. The predicted molar refractivity (Wildman–Crippen MR) is 54.8 cm³/mol. The van der Waals surface area contributed by atoms with Crippen LogP contribution in [0.2, 0.25) is 0 Å². The molecule has 0 spiro atoms. The molecular weight excluding hydrogens is 182 g/mol. The molecule has 0 aliphatic rings. The highest BCUT2D eigenvalue weighted by Crippen LogP contribution is 1.85. The van der Waals surface area contributed by atoms with Crippen LogP contribution in [0, 0.1) is 0 Å². The third-order valence-corrected chi connectivity index (χ3v) is 1.49. The minimum atomic E-state index is -0.345. The number of amides is 1. The maximum atomic E-state index is 11.2. The van der Waals surface area contributed by atoms with Gasteiger partial charge in [-0.05, 0) is 6.92 Å². The molecule has 2 N–H and O–H groups in total. The van der Waals surface area contributed by atoms with Crippen LogP contribution in [-0.2, 0) is 9.53 Å². The lowest BCUT2D eigenvalue weighted by Crippen LogP contribution is -2.39. The molecule has 0 radical (unpaired) electrons. The standard InChI is InChI=1S/C10H17NO3/c1-3-4-5-6-10(13)11-9(7-12)8-14-2/h3-6,9,12H,7-8H2,1-2H3,(H,11,13)/b4-3?,6-5+. The number of aliphatic hydroxyl groups is 1. The number of carbonyl (C=O) groups is 1. The first-order chi connectivity index (χ1) is 6.74. The van der Waals surface area contributed by atoms with Gasteiger partial charge in [-0.1, -0.05) is 18.2 Å². The van der Waals surface area contributed by atoms with Crippen molar-refractivity contribution < 1.29 is 14.6 Å². The Morgan fingerprint density at radius 1 is 1.57 bits per heavy atom. The summed E-state index contributed by atoms with van der Waals surface area (Å²) >= 11 is 0. The zero-order valence-electron chi connectivity index (χ0n) is 8.56. The Morgan fingerprint density at radius 3 is 2.79 bits per heavy atom. The first kappa shape index (κ1) is 12.9. The zero-order chi connectivity index (χ0) is 10.8. The molecular formula is C10H17NO3. The van der Waals surface area contributed by atoms with Gasteiger partial charge in [0.2, 0.25) is 5.91 Å². The molecule has 0 aliphatic carbocycles. The maximum Gasteiger partial charge on any atom is 0.244 e. The molecule has 4 heteroatoms. The molecule has 0 saturated carbocycles. The number of hydrogen-bond donors (Lipinski definition) is 2. The third-order valence-electron chi connectivity index (χ3n) is 1.49. The Hall–Kier alpha value is -1.13. The topological polar surface area (TPSA) is 58.6 Å². The van der Waals surface area contributed by atoms with E-state index in [-0.39, 0.29) is 18.6 Å². The molecule has 0 rings (SSSR count). The number of aliphatic hydroxyl groups excluding tert-OH is 1. The van der Waals surface area contributed by atoms with Gasteiger partial charge in [-0.3, -0.25) is 4.79 Å². The van der Waals surface area contributed by atoms with E-state index < -0.39 is 0 Å². The van der Waals surface area contributed by atoms with Crippen LogP contribution < -0.4 is 5.32 Å². The van der Waals surface area contributed by atoms with Gasteiger partial charge in [0.1, 0.15) is 0 Å². The number of methoxy groups -OCH3 is 1. The Balaban J connectivity index is 3.89. The van der Waals surface area contributed by atoms with Crippen molar-refractivity contribution >= 4 is 5.91 Å². The van der Waals surface area contributed by atoms with E-state index in [4.69, 9.17) is 9.84 Å². The van der Waals surface area contributed by atoms with Gasteiger partial charge in [0, 0.05) is 13.2 Å². The minimum Gasteiger partial charge on any atom is -0.394 e. The van der Waals surface area contributed by atoms with Crippen molar-refractivity contribution in [1.29, 1.82) is 0 Å². The number of carbonyl (C=O) groups excluding carboxylic acids is 1. The van der Waals surface area contributed by atoms with E-state index >= 15 is 0 Å². The molecule has 0 aliphatic heterocycles.